The molecule has 0 saturated carbocycles. The minimum absolute atomic E-state index is 0.0221. The number of aromatic nitrogens is 4. The first-order chi connectivity index (χ1) is 9.19. The van der Waals surface area contributed by atoms with Crippen LogP contribution in [-0.2, 0) is 19.5 Å². The predicted octanol–water partition coefficient (Wildman–Crippen LogP) is 1.17. The molecule has 2 rings (SSSR count). The second kappa shape index (κ2) is 5.99. The smallest absolute Gasteiger partial charge is 0.110 e. The number of aryl methyl sites for hydroxylation is 3. The van der Waals surface area contributed by atoms with Gasteiger partial charge in [-0.2, -0.15) is 5.10 Å². The molecule has 1 unspecified atom stereocenters. The van der Waals surface area contributed by atoms with Crippen molar-refractivity contribution in [3.63, 3.8) is 0 Å². The molecule has 6 heteroatoms. The van der Waals surface area contributed by atoms with Crippen molar-refractivity contribution in [1.82, 2.24) is 24.8 Å². The summed E-state index contributed by atoms with van der Waals surface area (Å²) in [7, 11) is 0. The van der Waals surface area contributed by atoms with E-state index in [0.717, 1.165) is 36.7 Å². The van der Waals surface area contributed by atoms with Crippen LogP contribution in [0, 0.1) is 6.92 Å². The molecule has 0 amide bonds. The average Bonchev–Trinajstić information content (AvgIpc) is 3.01. The highest BCUT2D eigenvalue weighted by Crippen LogP contribution is 2.18. The number of hydrogen-bond acceptors (Lipinski definition) is 4. The maximum atomic E-state index is 5.72. The number of rotatable bonds is 6. The standard InChI is InChI=1S/C13H22N6/c1-4-18-7-6-15-13(18)9-11(16-14)12-8-10(3)17-19(12)5-2/h6-8,11,16H,4-5,9,14H2,1-3H3. The van der Waals surface area contributed by atoms with Crippen molar-refractivity contribution in [3.8, 4) is 0 Å². The maximum absolute atomic E-state index is 5.72. The molecule has 0 aromatic carbocycles. The van der Waals surface area contributed by atoms with Gasteiger partial charge in [0, 0.05) is 31.9 Å². The third-order valence-electron chi connectivity index (χ3n) is 3.32. The zero-order chi connectivity index (χ0) is 13.8. The van der Waals surface area contributed by atoms with Gasteiger partial charge in [0.15, 0.2) is 0 Å². The summed E-state index contributed by atoms with van der Waals surface area (Å²) in [5.74, 6) is 6.75. The Balaban J connectivity index is 2.25. The Morgan fingerprint density at radius 1 is 1.37 bits per heavy atom. The van der Waals surface area contributed by atoms with Crippen LogP contribution in [0.3, 0.4) is 0 Å². The summed E-state index contributed by atoms with van der Waals surface area (Å²) < 4.78 is 4.11. The largest absolute Gasteiger partial charge is 0.335 e. The number of nitrogens with two attached hydrogens (primary N) is 1. The van der Waals surface area contributed by atoms with Crippen molar-refractivity contribution in [2.24, 2.45) is 5.84 Å². The lowest BCUT2D eigenvalue weighted by Gasteiger charge is -2.17. The molecule has 0 fully saturated rings. The van der Waals surface area contributed by atoms with Crippen LogP contribution in [0.4, 0.5) is 0 Å². The monoisotopic (exact) mass is 262 g/mol. The van der Waals surface area contributed by atoms with Crippen LogP contribution in [-0.4, -0.2) is 19.3 Å². The molecule has 2 aromatic heterocycles. The van der Waals surface area contributed by atoms with E-state index in [4.69, 9.17) is 5.84 Å². The van der Waals surface area contributed by atoms with Gasteiger partial charge in [-0.1, -0.05) is 0 Å². The van der Waals surface area contributed by atoms with Gasteiger partial charge in [0.1, 0.15) is 5.82 Å². The molecule has 6 nitrogen and oxygen atoms in total. The van der Waals surface area contributed by atoms with Gasteiger partial charge >= 0.3 is 0 Å². The van der Waals surface area contributed by atoms with E-state index in [0.29, 0.717) is 0 Å². The number of imidazole rings is 1. The van der Waals surface area contributed by atoms with E-state index < -0.39 is 0 Å². The van der Waals surface area contributed by atoms with Gasteiger partial charge in [0.25, 0.3) is 0 Å². The molecule has 0 saturated heterocycles. The summed E-state index contributed by atoms with van der Waals surface area (Å²) >= 11 is 0. The van der Waals surface area contributed by atoms with Crippen LogP contribution in [0.2, 0.25) is 0 Å². The summed E-state index contributed by atoms with van der Waals surface area (Å²) in [5.41, 5.74) is 5.00. The third-order valence-corrected chi connectivity index (χ3v) is 3.32. The van der Waals surface area contributed by atoms with Gasteiger partial charge in [-0.15, -0.1) is 0 Å². The number of nitrogens with one attached hydrogen (secondary N) is 1. The molecule has 0 aliphatic heterocycles. The molecule has 0 bridgehead atoms. The number of hydrogen-bond donors (Lipinski definition) is 2. The predicted molar refractivity (Wildman–Crippen MR) is 74.3 cm³/mol. The van der Waals surface area contributed by atoms with Crippen molar-refractivity contribution in [1.29, 1.82) is 0 Å². The molecule has 1 atom stereocenters. The van der Waals surface area contributed by atoms with Crippen molar-refractivity contribution < 1.29 is 0 Å². The Kier molecular flexibility index (Phi) is 4.34. The second-order valence-corrected chi connectivity index (χ2v) is 4.58. The highest BCUT2D eigenvalue weighted by molar-refractivity contribution is 5.15. The van der Waals surface area contributed by atoms with Crippen LogP contribution < -0.4 is 11.3 Å². The van der Waals surface area contributed by atoms with Gasteiger partial charge in [-0.3, -0.25) is 16.0 Å². The Bertz CT molecular complexity index is 527. The first-order valence-corrected chi connectivity index (χ1v) is 6.70. The van der Waals surface area contributed by atoms with Crippen LogP contribution in [0.1, 0.15) is 37.1 Å². The van der Waals surface area contributed by atoms with E-state index in [-0.39, 0.29) is 6.04 Å². The van der Waals surface area contributed by atoms with E-state index in [1.807, 2.05) is 24.0 Å². The number of nitrogens with zero attached hydrogens (tertiary/aromatic N) is 4. The Morgan fingerprint density at radius 2 is 2.16 bits per heavy atom. The van der Waals surface area contributed by atoms with E-state index in [1.165, 1.54) is 0 Å². The summed E-state index contributed by atoms with van der Waals surface area (Å²) in [6.07, 6.45) is 4.57. The minimum Gasteiger partial charge on any atom is -0.335 e. The second-order valence-electron chi connectivity index (χ2n) is 4.58. The van der Waals surface area contributed by atoms with Crippen molar-refractivity contribution in [3.05, 3.63) is 35.7 Å². The summed E-state index contributed by atoms with van der Waals surface area (Å²) in [4.78, 5) is 4.40. The van der Waals surface area contributed by atoms with Crippen LogP contribution in [0.5, 0.6) is 0 Å². The van der Waals surface area contributed by atoms with Crippen molar-refractivity contribution >= 4 is 0 Å². The molecular weight excluding hydrogens is 240 g/mol. The molecule has 19 heavy (non-hydrogen) atoms. The average molecular weight is 262 g/mol. The first-order valence-electron chi connectivity index (χ1n) is 6.70. The fraction of sp³-hybridized carbons (Fsp3) is 0.538. The van der Waals surface area contributed by atoms with Gasteiger partial charge in [0.2, 0.25) is 0 Å². The van der Waals surface area contributed by atoms with E-state index >= 15 is 0 Å². The molecule has 0 radical (unpaired) electrons. The zero-order valence-electron chi connectivity index (χ0n) is 11.8. The molecule has 0 aliphatic carbocycles. The molecule has 0 aliphatic rings. The Hall–Kier alpha value is -1.66. The Labute approximate surface area is 113 Å². The van der Waals surface area contributed by atoms with E-state index in [9.17, 15) is 0 Å². The van der Waals surface area contributed by atoms with Crippen LogP contribution >= 0.6 is 0 Å². The van der Waals surface area contributed by atoms with Gasteiger partial charge in [-0.05, 0) is 26.8 Å². The SMILES string of the molecule is CCn1ccnc1CC(NN)c1cc(C)nn1CC. The van der Waals surface area contributed by atoms with Gasteiger partial charge < -0.3 is 4.57 Å². The zero-order valence-corrected chi connectivity index (χ0v) is 11.8. The molecule has 2 heterocycles. The highest BCUT2D eigenvalue weighted by Gasteiger charge is 2.18. The minimum atomic E-state index is 0.0221. The topological polar surface area (TPSA) is 73.7 Å². The fourth-order valence-electron chi connectivity index (χ4n) is 2.35. The molecule has 2 aromatic rings. The van der Waals surface area contributed by atoms with Gasteiger partial charge in [-0.25, -0.2) is 4.98 Å². The summed E-state index contributed by atoms with van der Waals surface area (Å²) in [6.45, 7) is 7.94. The van der Waals surface area contributed by atoms with Crippen LogP contribution in [0.25, 0.3) is 0 Å². The molecule has 104 valence electrons. The maximum Gasteiger partial charge on any atom is 0.110 e. The van der Waals surface area contributed by atoms with Crippen molar-refractivity contribution in [2.45, 2.75) is 46.3 Å². The number of hydrazine groups is 1. The highest BCUT2D eigenvalue weighted by atomic mass is 15.3. The third kappa shape index (κ3) is 2.85. The van der Waals surface area contributed by atoms with E-state index in [2.05, 4.69) is 40.0 Å². The normalized spacial score (nSPS) is 12.8. The lowest BCUT2D eigenvalue weighted by Crippen LogP contribution is -2.32. The van der Waals surface area contributed by atoms with E-state index in [1.54, 1.807) is 0 Å². The molecular formula is C13H22N6. The first kappa shape index (κ1) is 13.8. The Morgan fingerprint density at radius 3 is 2.79 bits per heavy atom. The molecule has 3 N–H and O–H groups in total. The summed E-state index contributed by atoms with van der Waals surface area (Å²) in [6, 6.07) is 2.10. The van der Waals surface area contributed by atoms with Crippen LogP contribution in [0.15, 0.2) is 18.5 Å². The lowest BCUT2D eigenvalue weighted by molar-refractivity contribution is 0.474. The fourth-order valence-corrected chi connectivity index (χ4v) is 2.35. The van der Waals surface area contributed by atoms with Crippen molar-refractivity contribution in [2.75, 3.05) is 0 Å². The lowest BCUT2D eigenvalue weighted by atomic mass is 10.1. The van der Waals surface area contributed by atoms with Gasteiger partial charge in [0.05, 0.1) is 17.4 Å². The molecule has 0 spiro atoms. The summed E-state index contributed by atoms with van der Waals surface area (Å²) in [5, 5.41) is 4.46. The quantitative estimate of drug-likeness (QED) is 0.605.